The van der Waals surface area contributed by atoms with Crippen molar-refractivity contribution in [3.63, 3.8) is 0 Å². The lowest BCUT2D eigenvalue weighted by atomic mass is 10.4. The average Bonchev–Trinajstić information content (AvgIpc) is 1.87. The van der Waals surface area contributed by atoms with E-state index < -0.39 is 0 Å². The van der Waals surface area contributed by atoms with E-state index in [-0.39, 0.29) is 0 Å². The van der Waals surface area contributed by atoms with Gasteiger partial charge in [0.2, 0.25) is 6.21 Å². The fourth-order valence-corrected chi connectivity index (χ4v) is 0.472. The predicted octanol–water partition coefficient (Wildman–Crippen LogP) is 0.255. The molecule has 7 heavy (non-hydrogen) atoms. The Morgan fingerprint density at radius 3 is 2.71 bits per heavy atom. The number of allylic oxidation sites excluding steroid dienone is 1. The Morgan fingerprint density at radius 1 is 1.86 bits per heavy atom. The van der Waals surface area contributed by atoms with Crippen molar-refractivity contribution in [2.24, 2.45) is 5.10 Å². The van der Waals surface area contributed by atoms with Crippen LogP contribution in [0.15, 0.2) is 17.3 Å². The largest absolute Gasteiger partial charge is 0.204 e. The van der Waals surface area contributed by atoms with Crippen LogP contribution in [0.3, 0.4) is 0 Å². The molecule has 2 nitrogen and oxygen atoms in total. The third kappa shape index (κ3) is 0.738. The van der Waals surface area contributed by atoms with Gasteiger partial charge in [-0.3, -0.25) is 0 Å². The van der Waals surface area contributed by atoms with E-state index in [1.807, 2.05) is 13.3 Å². The van der Waals surface area contributed by atoms with Crippen LogP contribution in [-0.4, -0.2) is 24.2 Å². The maximum atomic E-state index is 3.87. The lowest BCUT2D eigenvalue weighted by Crippen LogP contribution is -1.89. The molecule has 36 valence electrons. The van der Waals surface area contributed by atoms with Crippen LogP contribution in [0, 0.1) is 0 Å². The Labute approximate surface area is 42.5 Å². The highest BCUT2D eigenvalue weighted by atomic mass is 15.4. The number of hydrogen-bond acceptors (Lipinski definition) is 1. The van der Waals surface area contributed by atoms with Crippen molar-refractivity contribution in [3.05, 3.63) is 12.2 Å². The second-order valence-corrected chi connectivity index (χ2v) is 1.52. The first-order chi connectivity index (χ1) is 3.29. The van der Waals surface area contributed by atoms with Crippen LogP contribution >= 0.6 is 0 Å². The minimum absolute atomic E-state index is 0.961. The summed E-state index contributed by atoms with van der Waals surface area (Å²) in [5.41, 5.74) is 0.961. The van der Waals surface area contributed by atoms with E-state index in [1.165, 1.54) is 0 Å². The Morgan fingerprint density at radius 2 is 2.57 bits per heavy atom. The van der Waals surface area contributed by atoms with Crippen LogP contribution < -0.4 is 0 Å². The highest BCUT2D eigenvalue weighted by molar-refractivity contribution is 6.02. The van der Waals surface area contributed by atoms with Crippen LogP contribution in [0.2, 0.25) is 0 Å². The molecule has 0 bridgehead atoms. The molecular weight excluding hydrogens is 88.1 g/mol. The fourth-order valence-electron chi connectivity index (χ4n) is 0.472. The summed E-state index contributed by atoms with van der Waals surface area (Å²) >= 11 is 0. The van der Waals surface area contributed by atoms with Gasteiger partial charge in [0.1, 0.15) is 6.21 Å². The molecule has 1 aliphatic heterocycles. The van der Waals surface area contributed by atoms with E-state index in [4.69, 9.17) is 0 Å². The molecule has 0 unspecified atom stereocenters. The number of hydrogen-bond donors (Lipinski definition) is 0. The van der Waals surface area contributed by atoms with E-state index in [0.717, 1.165) is 5.57 Å². The first-order valence-electron chi connectivity index (χ1n) is 2.09. The Balaban J connectivity index is 2.88. The maximum absolute atomic E-state index is 3.87. The molecule has 0 aromatic rings. The van der Waals surface area contributed by atoms with E-state index in [0.29, 0.717) is 0 Å². The van der Waals surface area contributed by atoms with Crippen molar-refractivity contribution in [2.45, 2.75) is 0 Å². The molecule has 0 amide bonds. The molecule has 0 aromatic heterocycles. The molecule has 0 fully saturated rings. The van der Waals surface area contributed by atoms with E-state index in [9.17, 15) is 0 Å². The van der Waals surface area contributed by atoms with Crippen LogP contribution in [0.5, 0.6) is 0 Å². The summed E-state index contributed by atoms with van der Waals surface area (Å²) in [6.45, 7) is 3.66. The zero-order chi connectivity index (χ0) is 5.28. The molecule has 1 rings (SSSR count). The van der Waals surface area contributed by atoms with Crippen molar-refractivity contribution in [1.82, 2.24) is 0 Å². The van der Waals surface area contributed by atoms with Crippen LogP contribution in [0.25, 0.3) is 0 Å². The minimum Gasteiger partial charge on any atom is -0.0934 e. The second-order valence-electron chi connectivity index (χ2n) is 1.52. The molecule has 1 heterocycles. The van der Waals surface area contributed by atoms with Gasteiger partial charge in [0.25, 0.3) is 0 Å². The van der Waals surface area contributed by atoms with Crippen molar-refractivity contribution in [2.75, 3.05) is 7.05 Å². The van der Waals surface area contributed by atoms with Crippen LogP contribution in [0.1, 0.15) is 0 Å². The van der Waals surface area contributed by atoms with E-state index in [1.54, 1.807) is 10.9 Å². The number of nitrogens with zero attached hydrogens (tertiary/aromatic N) is 2. The summed E-state index contributed by atoms with van der Waals surface area (Å²) < 4.78 is 1.72. The van der Waals surface area contributed by atoms with Gasteiger partial charge in [-0.1, -0.05) is 11.3 Å². The highest BCUT2D eigenvalue weighted by Gasteiger charge is 2.00. The van der Waals surface area contributed by atoms with Gasteiger partial charge >= 0.3 is 0 Å². The molecule has 0 spiro atoms. The molecule has 0 saturated carbocycles. The topological polar surface area (TPSA) is 15.4 Å². The smallest absolute Gasteiger partial charge is 0.0934 e. The average molecular weight is 95.1 g/mol. The second kappa shape index (κ2) is 1.30. The fraction of sp³-hybridized carbons (Fsp3) is 0.200. The molecular formula is C5H7N2+. The first kappa shape index (κ1) is 4.24. The minimum atomic E-state index is 0.961. The van der Waals surface area contributed by atoms with Crippen molar-refractivity contribution in [3.8, 4) is 0 Å². The van der Waals surface area contributed by atoms with E-state index >= 15 is 0 Å². The van der Waals surface area contributed by atoms with Gasteiger partial charge < -0.3 is 0 Å². The highest BCUT2D eigenvalue weighted by Crippen LogP contribution is 1.86. The van der Waals surface area contributed by atoms with Crippen LogP contribution in [-0.2, 0) is 0 Å². The summed E-state index contributed by atoms with van der Waals surface area (Å²) in [5, 5.41) is 3.87. The third-order valence-corrected chi connectivity index (χ3v) is 0.758. The van der Waals surface area contributed by atoms with Gasteiger partial charge in [0.15, 0.2) is 7.05 Å². The van der Waals surface area contributed by atoms with Gasteiger partial charge in [-0.15, -0.1) is 0 Å². The standard InChI is InChI=1S/C5H7N2/c1-5-3-6-7(2)4-5/h3-4H,1H2,2H3/q+1. The Kier molecular flexibility index (Phi) is 0.785. The molecule has 0 N–H and O–H groups in total. The van der Waals surface area contributed by atoms with Crippen molar-refractivity contribution in [1.29, 1.82) is 0 Å². The first-order valence-corrected chi connectivity index (χ1v) is 2.09. The van der Waals surface area contributed by atoms with Crippen LogP contribution in [0.4, 0.5) is 0 Å². The third-order valence-electron chi connectivity index (χ3n) is 0.758. The summed E-state index contributed by atoms with van der Waals surface area (Å²) in [4.78, 5) is 0. The predicted molar refractivity (Wildman–Crippen MR) is 29.9 cm³/mol. The lowest BCUT2D eigenvalue weighted by Gasteiger charge is -1.67. The lowest BCUT2D eigenvalue weighted by molar-refractivity contribution is -0.493. The zero-order valence-corrected chi connectivity index (χ0v) is 4.26. The van der Waals surface area contributed by atoms with Gasteiger partial charge in [-0.05, 0) is 5.10 Å². The Bertz CT molecular complexity index is 153. The molecule has 0 aliphatic carbocycles. The SMILES string of the molecule is C=C1C=N[N+](C)=C1. The normalized spacial score (nSPS) is 17.9. The van der Waals surface area contributed by atoms with Gasteiger partial charge in [0.05, 0.1) is 5.57 Å². The summed E-state index contributed by atoms with van der Waals surface area (Å²) in [6.07, 6.45) is 3.58. The quantitative estimate of drug-likeness (QED) is 0.383. The maximum Gasteiger partial charge on any atom is 0.204 e. The summed E-state index contributed by atoms with van der Waals surface area (Å²) in [5.74, 6) is 0. The monoisotopic (exact) mass is 95.1 g/mol. The van der Waals surface area contributed by atoms with Crippen molar-refractivity contribution >= 4 is 12.4 Å². The number of hydrazone groups is 1. The zero-order valence-electron chi connectivity index (χ0n) is 4.26. The molecule has 0 saturated heterocycles. The Hall–Kier alpha value is -0.920. The van der Waals surface area contributed by atoms with Gasteiger partial charge in [0, 0.05) is 0 Å². The molecule has 0 atom stereocenters. The summed E-state index contributed by atoms with van der Waals surface area (Å²) in [7, 11) is 1.87. The molecule has 1 aliphatic rings. The molecule has 2 heteroatoms. The van der Waals surface area contributed by atoms with Crippen molar-refractivity contribution < 1.29 is 4.68 Å². The summed E-state index contributed by atoms with van der Waals surface area (Å²) in [6, 6.07) is 0. The molecule has 0 radical (unpaired) electrons. The van der Waals surface area contributed by atoms with E-state index in [2.05, 4.69) is 11.7 Å². The molecule has 0 aromatic carbocycles. The number of rotatable bonds is 0. The van der Waals surface area contributed by atoms with Gasteiger partial charge in [-0.25, -0.2) is 0 Å². The van der Waals surface area contributed by atoms with Gasteiger partial charge in [-0.2, -0.15) is 0 Å².